The maximum absolute atomic E-state index is 11.9. The summed E-state index contributed by atoms with van der Waals surface area (Å²) in [6.07, 6.45) is 4.33. The molecule has 15 heavy (non-hydrogen) atoms. The number of hydrogen-bond acceptors (Lipinski definition) is 1. The van der Waals surface area contributed by atoms with E-state index in [0.717, 1.165) is 23.5 Å². The molecule has 1 aromatic carbocycles. The lowest BCUT2D eigenvalue weighted by Crippen LogP contribution is -2.02. The van der Waals surface area contributed by atoms with Crippen LogP contribution in [0.5, 0.6) is 0 Å². The molecule has 1 nitrogen and oxygen atoms in total. The van der Waals surface area contributed by atoms with Gasteiger partial charge >= 0.3 is 0 Å². The molecule has 2 rings (SSSR count). The van der Waals surface area contributed by atoms with Gasteiger partial charge in [-0.1, -0.05) is 30.5 Å². The molecule has 80 valence electrons. The van der Waals surface area contributed by atoms with Crippen molar-refractivity contribution in [2.24, 2.45) is 5.92 Å². The van der Waals surface area contributed by atoms with E-state index in [2.05, 4.69) is 0 Å². The van der Waals surface area contributed by atoms with Crippen molar-refractivity contribution >= 4 is 17.4 Å². The molecular formula is C13H15ClO. The van der Waals surface area contributed by atoms with E-state index in [0.29, 0.717) is 11.4 Å². The van der Waals surface area contributed by atoms with Crippen molar-refractivity contribution in [3.05, 3.63) is 34.3 Å². The summed E-state index contributed by atoms with van der Waals surface area (Å²) < 4.78 is 0. The van der Waals surface area contributed by atoms with Gasteiger partial charge in [0.25, 0.3) is 0 Å². The molecule has 1 aliphatic carbocycles. The first-order chi connectivity index (χ1) is 7.16. The van der Waals surface area contributed by atoms with Crippen LogP contribution in [0.25, 0.3) is 0 Å². The maximum Gasteiger partial charge on any atom is 0.163 e. The Labute approximate surface area is 95.4 Å². The minimum absolute atomic E-state index is 0.238. The molecule has 1 fully saturated rings. The van der Waals surface area contributed by atoms with Gasteiger partial charge in [-0.15, -0.1) is 0 Å². The van der Waals surface area contributed by atoms with Gasteiger partial charge < -0.3 is 0 Å². The summed E-state index contributed by atoms with van der Waals surface area (Å²) in [5.41, 5.74) is 1.82. The SMILES string of the molecule is Cc1ccc(Cl)cc1C(=O)CCC1CC1. The fourth-order valence-electron chi connectivity index (χ4n) is 1.77. The number of aryl methyl sites for hydroxylation is 1. The van der Waals surface area contributed by atoms with Gasteiger partial charge in [0.05, 0.1) is 0 Å². The van der Waals surface area contributed by atoms with Crippen LogP contribution in [-0.2, 0) is 0 Å². The second kappa shape index (κ2) is 4.36. The second-order valence-electron chi connectivity index (χ2n) is 4.36. The third kappa shape index (κ3) is 2.82. The summed E-state index contributed by atoms with van der Waals surface area (Å²) in [6.45, 7) is 1.96. The first-order valence-electron chi connectivity index (χ1n) is 5.46. The van der Waals surface area contributed by atoms with Gasteiger partial charge in [0.1, 0.15) is 0 Å². The van der Waals surface area contributed by atoms with E-state index in [1.54, 1.807) is 6.07 Å². The van der Waals surface area contributed by atoms with E-state index in [1.807, 2.05) is 19.1 Å². The fraction of sp³-hybridized carbons (Fsp3) is 0.462. The fourth-order valence-corrected chi connectivity index (χ4v) is 1.94. The third-order valence-corrected chi connectivity index (χ3v) is 3.21. The van der Waals surface area contributed by atoms with Crippen LogP contribution >= 0.6 is 11.6 Å². The molecular weight excluding hydrogens is 208 g/mol. The predicted octanol–water partition coefficient (Wildman–Crippen LogP) is 4.02. The Balaban J connectivity index is 2.05. The van der Waals surface area contributed by atoms with Crippen LogP contribution in [0.3, 0.4) is 0 Å². The van der Waals surface area contributed by atoms with Crippen molar-refractivity contribution in [2.45, 2.75) is 32.6 Å². The number of carbonyl (C=O) groups is 1. The van der Waals surface area contributed by atoms with E-state index in [9.17, 15) is 4.79 Å². The highest BCUT2D eigenvalue weighted by molar-refractivity contribution is 6.31. The highest BCUT2D eigenvalue weighted by Gasteiger charge is 2.22. The molecule has 0 saturated heterocycles. The lowest BCUT2D eigenvalue weighted by molar-refractivity contribution is 0.0977. The molecule has 1 aliphatic rings. The van der Waals surface area contributed by atoms with Crippen LogP contribution in [-0.4, -0.2) is 5.78 Å². The van der Waals surface area contributed by atoms with Crippen LogP contribution in [0.1, 0.15) is 41.6 Å². The summed E-state index contributed by atoms with van der Waals surface area (Å²) in [6, 6.07) is 5.52. The molecule has 0 N–H and O–H groups in total. The molecule has 1 saturated carbocycles. The third-order valence-electron chi connectivity index (χ3n) is 2.98. The number of halogens is 1. The van der Waals surface area contributed by atoms with Gasteiger partial charge in [-0.25, -0.2) is 0 Å². The molecule has 0 spiro atoms. The van der Waals surface area contributed by atoms with Gasteiger partial charge in [-0.3, -0.25) is 4.79 Å². The minimum Gasteiger partial charge on any atom is -0.294 e. The summed E-state index contributed by atoms with van der Waals surface area (Å²) in [5.74, 6) is 1.05. The van der Waals surface area contributed by atoms with Gasteiger partial charge in [-0.05, 0) is 37.0 Å². The smallest absolute Gasteiger partial charge is 0.163 e. The van der Waals surface area contributed by atoms with Crippen molar-refractivity contribution in [1.29, 1.82) is 0 Å². The number of rotatable bonds is 4. The number of carbonyl (C=O) groups excluding carboxylic acids is 1. The Kier molecular flexibility index (Phi) is 3.11. The minimum atomic E-state index is 0.238. The molecule has 2 heteroatoms. The van der Waals surface area contributed by atoms with E-state index >= 15 is 0 Å². The van der Waals surface area contributed by atoms with E-state index < -0.39 is 0 Å². The Morgan fingerprint density at radius 1 is 1.47 bits per heavy atom. The van der Waals surface area contributed by atoms with Crippen LogP contribution in [0.15, 0.2) is 18.2 Å². The summed E-state index contributed by atoms with van der Waals surface area (Å²) in [7, 11) is 0. The summed E-state index contributed by atoms with van der Waals surface area (Å²) in [4.78, 5) is 11.9. The van der Waals surface area contributed by atoms with Gasteiger partial charge in [0, 0.05) is 17.0 Å². The molecule has 0 atom stereocenters. The van der Waals surface area contributed by atoms with Crippen LogP contribution in [0, 0.1) is 12.8 Å². The van der Waals surface area contributed by atoms with Crippen molar-refractivity contribution < 1.29 is 4.79 Å². The molecule has 0 amide bonds. The quantitative estimate of drug-likeness (QED) is 0.704. The number of benzene rings is 1. The van der Waals surface area contributed by atoms with Gasteiger partial charge in [0.2, 0.25) is 0 Å². The number of Topliss-reactive ketones (excluding diaryl/α,β-unsaturated/α-hetero) is 1. The standard InChI is InChI=1S/C13H15ClO/c1-9-2-6-11(14)8-12(9)13(15)7-5-10-3-4-10/h2,6,8,10H,3-5,7H2,1H3. The average Bonchev–Trinajstić information content (AvgIpc) is 3.02. The topological polar surface area (TPSA) is 17.1 Å². The lowest BCUT2D eigenvalue weighted by Gasteiger charge is -2.04. The van der Waals surface area contributed by atoms with E-state index in [4.69, 9.17) is 11.6 Å². The monoisotopic (exact) mass is 222 g/mol. The highest BCUT2D eigenvalue weighted by Crippen LogP contribution is 2.34. The molecule has 0 radical (unpaired) electrons. The van der Waals surface area contributed by atoms with Gasteiger partial charge in [-0.2, -0.15) is 0 Å². The first kappa shape index (κ1) is 10.7. The van der Waals surface area contributed by atoms with Crippen LogP contribution in [0.4, 0.5) is 0 Å². The largest absolute Gasteiger partial charge is 0.294 e. The van der Waals surface area contributed by atoms with Crippen molar-refractivity contribution in [3.63, 3.8) is 0 Å². The molecule has 0 heterocycles. The molecule has 0 bridgehead atoms. The van der Waals surface area contributed by atoms with Crippen molar-refractivity contribution in [3.8, 4) is 0 Å². The molecule has 1 aromatic rings. The second-order valence-corrected chi connectivity index (χ2v) is 4.80. The van der Waals surface area contributed by atoms with E-state index in [-0.39, 0.29) is 5.78 Å². The number of ketones is 1. The number of hydrogen-bond donors (Lipinski definition) is 0. The normalized spacial score (nSPS) is 15.3. The Hall–Kier alpha value is -0.820. The molecule has 0 unspecified atom stereocenters. The zero-order valence-corrected chi connectivity index (χ0v) is 9.68. The zero-order chi connectivity index (χ0) is 10.8. The lowest BCUT2D eigenvalue weighted by atomic mass is 10.0. The van der Waals surface area contributed by atoms with E-state index in [1.165, 1.54) is 12.8 Å². The zero-order valence-electron chi connectivity index (χ0n) is 8.92. The Morgan fingerprint density at radius 2 is 2.20 bits per heavy atom. The Morgan fingerprint density at radius 3 is 2.87 bits per heavy atom. The predicted molar refractivity (Wildman–Crippen MR) is 62.5 cm³/mol. The first-order valence-corrected chi connectivity index (χ1v) is 5.84. The summed E-state index contributed by atoms with van der Waals surface area (Å²) in [5, 5.41) is 0.648. The average molecular weight is 223 g/mol. The Bertz CT molecular complexity index is 380. The highest BCUT2D eigenvalue weighted by atomic mass is 35.5. The van der Waals surface area contributed by atoms with Crippen LogP contribution < -0.4 is 0 Å². The van der Waals surface area contributed by atoms with Crippen LogP contribution in [0.2, 0.25) is 5.02 Å². The van der Waals surface area contributed by atoms with Gasteiger partial charge in [0.15, 0.2) is 5.78 Å². The summed E-state index contributed by atoms with van der Waals surface area (Å²) >= 11 is 5.88. The molecule has 0 aromatic heterocycles. The maximum atomic E-state index is 11.9. The van der Waals surface area contributed by atoms with Crippen molar-refractivity contribution in [1.82, 2.24) is 0 Å². The van der Waals surface area contributed by atoms with Crippen molar-refractivity contribution in [2.75, 3.05) is 0 Å². The molecule has 0 aliphatic heterocycles.